The molecule has 0 heterocycles. The maximum atomic E-state index is 9.66. The number of benzene rings is 2. The predicted molar refractivity (Wildman–Crippen MR) is 76.3 cm³/mol. The van der Waals surface area contributed by atoms with Gasteiger partial charge in [-0.05, 0) is 24.3 Å². The molecule has 18 heavy (non-hydrogen) atoms. The van der Waals surface area contributed by atoms with E-state index in [2.05, 4.69) is 21.2 Å². The number of phenols is 2. The number of hydrogen-bond acceptors (Lipinski definition) is 3. The number of hydrogen-bond donors (Lipinski definition) is 3. The van der Waals surface area contributed by atoms with E-state index in [0.29, 0.717) is 17.1 Å². The number of anilines is 1. The summed E-state index contributed by atoms with van der Waals surface area (Å²) in [6.45, 7) is 0.377. The van der Waals surface area contributed by atoms with Gasteiger partial charge in [0.25, 0.3) is 0 Å². The average molecular weight is 329 g/mol. The van der Waals surface area contributed by atoms with Crippen LogP contribution < -0.4 is 5.32 Å². The van der Waals surface area contributed by atoms with Crippen molar-refractivity contribution in [3.05, 3.63) is 51.5 Å². The number of aromatic hydroxyl groups is 2. The minimum absolute atomic E-state index is 0.113. The molecule has 2 aromatic carbocycles. The molecule has 94 valence electrons. The minimum Gasteiger partial charge on any atom is -0.504 e. The van der Waals surface area contributed by atoms with Gasteiger partial charge in [-0.25, -0.2) is 0 Å². The normalized spacial score (nSPS) is 10.3. The molecular weight excluding hydrogens is 318 g/mol. The van der Waals surface area contributed by atoms with E-state index in [1.165, 1.54) is 6.07 Å². The zero-order valence-electron chi connectivity index (χ0n) is 9.32. The molecule has 3 N–H and O–H groups in total. The summed E-state index contributed by atoms with van der Waals surface area (Å²) in [5.74, 6) is -0.241. The second-order valence-electron chi connectivity index (χ2n) is 3.76. The van der Waals surface area contributed by atoms with Crippen LogP contribution >= 0.6 is 27.5 Å². The lowest BCUT2D eigenvalue weighted by molar-refractivity contribution is 0.400. The first kappa shape index (κ1) is 13.1. The molecule has 0 aliphatic rings. The fraction of sp³-hybridized carbons (Fsp3) is 0.0769. The van der Waals surface area contributed by atoms with Crippen LogP contribution in [0.5, 0.6) is 11.5 Å². The summed E-state index contributed by atoms with van der Waals surface area (Å²) in [6, 6.07) is 10.3. The Bertz CT molecular complexity index is 575. The summed E-state index contributed by atoms with van der Waals surface area (Å²) in [5, 5.41) is 22.7. The first-order chi connectivity index (χ1) is 8.58. The summed E-state index contributed by atoms with van der Waals surface area (Å²) in [4.78, 5) is 0. The monoisotopic (exact) mass is 327 g/mol. The van der Waals surface area contributed by atoms with E-state index in [9.17, 15) is 10.2 Å². The molecule has 0 spiro atoms. The van der Waals surface area contributed by atoms with Gasteiger partial charge in [-0.2, -0.15) is 0 Å². The number of halogens is 2. The lowest BCUT2D eigenvalue weighted by atomic mass is 10.2. The van der Waals surface area contributed by atoms with Crippen molar-refractivity contribution in [1.29, 1.82) is 0 Å². The summed E-state index contributed by atoms with van der Waals surface area (Å²) >= 11 is 9.39. The van der Waals surface area contributed by atoms with Crippen molar-refractivity contribution < 1.29 is 10.2 Å². The van der Waals surface area contributed by atoms with Crippen LogP contribution in [-0.4, -0.2) is 10.2 Å². The van der Waals surface area contributed by atoms with Crippen LogP contribution in [0.1, 0.15) is 5.56 Å². The van der Waals surface area contributed by atoms with Crippen molar-refractivity contribution >= 4 is 33.2 Å². The molecule has 0 saturated carbocycles. The Morgan fingerprint density at radius 3 is 2.67 bits per heavy atom. The average Bonchev–Trinajstić information content (AvgIpc) is 2.33. The molecule has 0 radical (unpaired) electrons. The van der Waals surface area contributed by atoms with Crippen molar-refractivity contribution in [3.8, 4) is 11.5 Å². The Labute approximate surface area is 118 Å². The Morgan fingerprint density at radius 1 is 1.17 bits per heavy atom. The highest BCUT2D eigenvalue weighted by Crippen LogP contribution is 2.30. The van der Waals surface area contributed by atoms with Gasteiger partial charge < -0.3 is 15.5 Å². The van der Waals surface area contributed by atoms with Crippen LogP contribution in [0, 0.1) is 0 Å². The third kappa shape index (κ3) is 2.89. The molecule has 0 aromatic heterocycles. The number of para-hydroxylation sites is 1. The van der Waals surface area contributed by atoms with Gasteiger partial charge in [0.05, 0.1) is 10.7 Å². The van der Waals surface area contributed by atoms with Gasteiger partial charge in [0.2, 0.25) is 0 Å². The summed E-state index contributed by atoms with van der Waals surface area (Å²) in [6.07, 6.45) is 0. The molecule has 0 bridgehead atoms. The molecule has 5 heteroatoms. The van der Waals surface area contributed by atoms with Crippen LogP contribution in [0.4, 0.5) is 5.69 Å². The van der Waals surface area contributed by atoms with Crippen LogP contribution in [0.25, 0.3) is 0 Å². The van der Waals surface area contributed by atoms with Crippen molar-refractivity contribution in [1.82, 2.24) is 0 Å². The Balaban J connectivity index is 2.14. The zero-order chi connectivity index (χ0) is 13.1. The first-order valence-corrected chi connectivity index (χ1v) is 6.44. The van der Waals surface area contributed by atoms with Crippen molar-refractivity contribution in [2.75, 3.05) is 5.32 Å². The molecule has 0 aliphatic heterocycles. The minimum atomic E-state index is -0.129. The van der Waals surface area contributed by atoms with E-state index in [4.69, 9.17) is 11.6 Å². The maximum Gasteiger partial charge on any atom is 0.162 e. The molecule has 0 saturated heterocycles. The SMILES string of the molecule is Oc1cccc(CNc2ccc(Br)cc2Cl)c1O. The summed E-state index contributed by atoms with van der Waals surface area (Å²) < 4.78 is 0.901. The first-order valence-electron chi connectivity index (χ1n) is 5.26. The molecule has 0 fully saturated rings. The van der Waals surface area contributed by atoms with Crippen molar-refractivity contribution in [3.63, 3.8) is 0 Å². The van der Waals surface area contributed by atoms with Gasteiger partial charge in [-0.3, -0.25) is 0 Å². The largest absolute Gasteiger partial charge is 0.504 e. The second-order valence-corrected chi connectivity index (χ2v) is 5.09. The number of nitrogens with one attached hydrogen (secondary N) is 1. The lowest BCUT2D eigenvalue weighted by Crippen LogP contribution is -2.00. The van der Waals surface area contributed by atoms with Crippen LogP contribution in [0.15, 0.2) is 40.9 Å². The topological polar surface area (TPSA) is 52.5 Å². The van der Waals surface area contributed by atoms with Gasteiger partial charge in [0.15, 0.2) is 11.5 Å². The molecule has 2 aromatic rings. The highest BCUT2D eigenvalue weighted by Gasteiger charge is 2.06. The highest BCUT2D eigenvalue weighted by molar-refractivity contribution is 9.10. The van der Waals surface area contributed by atoms with E-state index < -0.39 is 0 Å². The highest BCUT2D eigenvalue weighted by atomic mass is 79.9. The molecule has 0 atom stereocenters. The van der Waals surface area contributed by atoms with Crippen molar-refractivity contribution in [2.45, 2.75) is 6.54 Å². The Kier molecular flexibility index (Phi) is 3.99. The molecular formula is C13H11BrClNO2. The van der Waals surface area contributed by atoms with Crippen molar-refractivity contribution in [2.24, 2.45) is 0 Å². The Hall–Kier alpha value is -1.39. The summed E-state index contributed by atoms with van der Waals surface area (Å²) in [7, 11) is 0. The van der Waals surface area contributed by atoms with E-state index >= 15 is 0 Å². The standard InChI is InChI=1S/C13H11BrClNO2/c14-9-4-5-11(10(15)6-9)16-7-8-2-1-3-12(17)13(8)18/h1-6,16-18H,7H2. The van der Waals surface area contributed by atoms with Gasteiger partial charge in [-0.1, -0.05) is 39.7 Å². The van der Waals surface area contributed by atoms with E-state index in [-0.39, 0.29) is 11.5 Å². The molecule has 0 aliphatic carbocycles. The van der Waals surface area contributed by atoms with Gasteiger partial charge >= 0.3 is 0 Å². The van der Waals surface area contributed by atoms with Gasteiger partial charge in [0.1, 0.15) is 0 Å². The third-order valence-electron chi connectivity index (χ3n) is 2.50. The van der Waals surface area contributed by atoms with Crippen LogP contribution in [0.2, 0.25) is 5.02 Å². The molecule has 0 unspecified atom stereocenters. The smallest absolute Gasteiger partial charge is 0.162 e. The quantitative estimate of drug-likeness (QED) is 0.743. The van der Waals surface area contributed by atoms with Gasteiger partial charge in [-0.15, -0.1) is 0 Å². The molecule has 2 rings (SSSR count). The van der Waals surface area contributed by atoms with Crippen LogP contribution in [-0.2, 0) is 6.54 Å². The summed E-state index contributed by atoms with van der Waals surface area (Å²) in [5.41, 5.74) is 1.37. The Morgan fingerprint density at radius 2 is 1.94 bits per heavy atom. The lowest BCUT2D eigenvalue weighted by Gasteiger charge is -2.10. The maximum absolute atomic E-state index is 9.66. The number of phenolic OH excluding ortho intramolecular Hbond substituents is 2. The fourth-order valence-corrected chi connectivity index (χ4v) is 2.28. The fourth-order valence-electron chi connectivity index (χ4n) is 1.54. The zero-order valence-corrected chi connectivity index (χ0v) is 11.7. The van der Waals surface area contributed by atoms with E-state index in [1.54, 1.807) is 18.2 Å². The van der Waals surface area contributed by atoms with Crippen LogP contribution in [0.3, 0.4) is 0 Å². The predicted octanol–water partition coefficient (Wildman–Crippen LogP) is 4.13. The number of rotatable bonds is 3. The van der Waals surface area contributed by atoms with E-state index in [1.807, 2.05) is 12.1 Å². The third-order valence-corrected chi connectivity index (χ3v) is 3.30. The molecule has 0 amide bonds. The second kappa shape index (κ2) is 5.50. The van der Waals surface area contributed by atoms with E-state index in [0.717, 1.165) is 10.2 Å². The molecule has 3 nitrogen and oxygen atoms in total. The van der Waals surface area contributed by atoms with Gasteiger partial charge in [0, 0.05) is 16.6 Å².